The third-order valence-electron chi connectivity index (χ3n) is 2.46. The number of anilines is 1. The van der Waals surface area contributed by atoms with Crippen molar-refractivity contribution in [2.45, 2.75) is 0 Å². The van der Waals surface area contributed by atoms with Crippen LogP contribution in [0.3, 0.4) is 0 Å². The molecule has 0 bridgehead atoms. The molecule has 0 saturated carbocycles. The minimum Gasteiger partial charge on any atom is -0.478 e. The van der Waals surface area contributed by atoms with Gasteiger partial charge < -0.3 is 15.3 Å². The molecule has 0 heterocycles. The van der Waals surface area contributed by atoms with Gasteiger partial charge in [0, 0.05) is 20.2 Å². The van der Waals surface area contributed by atoms with Crippen molar-refractivity contribution in [3.05, 3.63) is 35.7 Å². The summed E-state index contributed by atoms with van der Waals surface area (Å²) >= 11 is 0. The number of aliphatic carboxylic acids is 1. The molecule has 0 spiro atoms. The van der Waals surface area contributed by atoms with Crippen LogP contribution in [0.25, 0.3) is 6.08 Å². The van der Waals surface area contributed by atoms with Gasteiger partial charge in [0.2, 0.25) is 5.91 Å². The van der Waals surface area contributed by atoms with Crippen molar-refractivity contribution in [1.29, 1.82) is 0 Å². The summed E-state index contributed by atoms with van der Waals surface area (Å²) in [4.78, 5) is 23.0. The third kappa shape index (κ3) is 4.42. The summed E-state index contributed by atoms with van der Waals surface area (Å²) in [6.07, 6.45) is 2.23. The van der Waals surface area contributed by atoms with Crippen molar-refractivity contribution < 1.29 is 19.1 Å². The quantitative estimate of drug-likeness (QED) is 0.783. The van der Waals surface area contributed by atoms with Crippen LogP contribution in [0.1, 0.15) is 5.56 Å². The first-order chi connectivity index (χ1) is 8.93. The summed E-state index contributed by atoms with van der Waals surface area (Å²) in [5.74, 6) is -1.84. The lowest BCUT2D eigenvalue weighted by atomic mass is 10.1. The number of rotatable bonds is 5. The Morgan fingerprint density at radius 3 is 2.68 bits per heavy atom. The third-order valence-corrected chi connectivity index (χ3v) is 2.46. The van der Waals surface area contributed by atoms with E-state index in [-0.39, 0.29) is 18.1 Å². The van der Waals surface area contributed by atoms with E-state index >= 15 is 0 Å². The Balaban J connectivity index is 2.88. The fourth-order valence-corrected chi connectivity index (χ4v) is 1.48. The van der Waals surface area contributed by atoms with E-state index in [1.165, 1.54) is 30.2 Å². The van der Waals surface area contributed by atoms with Crippen LogP contribution >= 0.6 is 0 Å². The number of hydrogen-bond acceptors (Lipinski definition) is 3. The van der Waals surface area contributed by atoms with E-state index in [0.29, 0.717) is 5.56 Å². The molecule has 1 rings (SSSR count). The van der Waals surface area contributed by atoms with Crippen LogP contribution in [-0.4, -0.2) is 37.6 Å². The molecule has 6 heteroatoms. The molecular weight excluding hydrogens is 251 g/mol. The molecule has 0 saturated heterocycles. The number of carboxylic acids is 1. The van der Waals surface area contributed by atoms with Gasteiger partial charge in [0.25, 0.3) is 0 Å². The van der Waals surface area contributed by atoms with Gasteiger partial charge in [-0.2, -0.15) is 0 Å². The fourth-order valence-electron chi connectivity index (χ4n) is 1.48. The average molecular weight is 266 g/mol. The van der Waals surface area contributed by atoms with Crippen molar-refractivity contribution in [3.63, 3.8) is 0 Å². The Hall–Kier alpha value is -2.37. The van der Waals surface area contributed by atoms with E-state index in [9.17, 15) is 14.0 Å². The molecule has 0 fully saturated rings. The summed E-state index contributed by atoms with van der Waals surface area (Å²) in [6, 6.07) is 4.30. The van der Waals surface area contributed by atoms with Crippen LogP contribution in [0.5, 0.6) is 0 Å². The summed E-state index contributed by atoms with van der Waals surface area (Å²) in [5, 5.41) is 10.9. The van der Waals surface area contributed by atoms with Gasteiger partial charge in [-0.05, 0) is 23.8 Å². The zero-order valence-electron chi connectivity index (χ0n) is 10.7. The number of carbonyl (C=O) groups excluding carboxylic acids is 1. The highest BCUT2D eigenvalue weighted by Gasteiger charge is 2.10. The molecule has 0 aliphatic carbocycles. The second kappa shape index (κ2) is 6.53. The van der Waals surface area contributed by atoms with Gasteiger partial charge in [-0.25, -0.2) is 9.18 Å². The summed E-state index contributed by atoms with van der Waals surface area (Å²) in [6.45, 7) is 0.0394. The minimum atomic E-state index is -1.10. The number of carboxylic acid groups (broad SMARTS) is 1. The smallest absolute Gasteiger partial charge is 0.328 e. The molecule has 0 aliphatic rings. The van der Waals surface area contributed by atoms with E-state index in [4.69, 9.17) is 5.11 Å². The van der Waals surface area contributed by atoms with Gasteiger partial charge in [-0.3, -0.25) is 4.79 Å². The molecule has 2 N–H and O–H groups in total. The van der Waals surface area contributed by atoms with Crippen molar-refractivity contribution in [1.82, 2.24) is 5.32 Å². The van der Waals surface area contributed by atoms with Crippen LogP contribution in [0.4, 0.5) is 10.1 Å². The largest absolute Gasteiger partial charge is 0.478 e. The number of benzene rings is 1. The van der Waals surface area contributed by atoms with Crippen LogP contribution in [-0.2, 0) is 9.59 Å². The number of nitrogens with zero attached hydrogens (tertiary/aromatic N) is 1. The average Bonchev–Trinajstić information content (AvgIpc) is 2.35. The van der Waals surface area contributed by atoms with Gasteiger partial charge in [0.05, 0.1) is 12.2 Å². The fraction of sp³-hybridized carbons (Fsp3) is 0.231. The van der Waals surface area contributed by atoms with E-state index < -0.39 is 11.8 Å². The predicted octanol–water partition coefficient (Wildman–Crippen LogP) is 1.11. The summed E-state index contributed by atoms with van der Waals surface area (Å²) < 4.78 is 13.8. The molecule has 102 valence electrons. The van der Waals surface area contributed by atoms with E-state index in [0.717, 1.165) is 6.08 Å². The molecule has 0 aliphatic heterocycles. The first-order valence-corrected chi connectivity index (χ1v) is 5.56. The van der Waals surface area contributed by atoms with Gasteiger partial charge in [-0.1, -0.05) is 6.07 Å². The highest BCUT2D eigenvalue weighted by molar-refractivity contribution is 5.85. The Morgan fingerprint density at radius 2 is 2.16 bits per heavy atom. The van der Waals surface area contributed by atoms with E-state index in [1.54, 1.807) is 13.1 Å². The molecule has 5 nitrogen and oxygen atoms in total. The van der Waals surface area contributed by atoms with E-state index in [1.807, 2.05) is 0 Å². The number of carbonyl (C=O) groups is 2. The number of nitrogens with one attached hydrogen (secondary N) is 1. The molecular formula is C13H15FN2O3. The second-order valence-corrected chi connectivity index (χ2v) is 3.91. The zero-order chi connectivity index (χ0) is 14.4. The molecule has 0 unspecified atom stereocenters. The maximum atomic E-state index is 13.8. The Bertz CT molecular complexity index is 515. The van der Waals surface area contributed by atoms with Gasteiger partial charge in [0.15, 0.2) is 0 Å². The van der Waals surface area contributed by atoms with Crippen LogP contribution in [0.2, 0.25) is 0 Å². The highest BCUT2D eigenvalue weighted by Crippen LogP contribution is 2.19. The van der Waals surface area contributed by atoms with E-state index in [2.05, 4.69) is 5.32 Å². The lowest BCUT2D eigenvalue weighted by Crippen LogP contribution is -2.33. The maximum Gasteiger partial charge on any atom is 0.328 e. The monoisotopic (exact) mass is 266 g/mol. The maximum absolute atomic E-state index is 13.8. The summed E-state index contributed by atoms with van der Waals surface area (Å²) in [7, 11) is 3.10. The standard InChI is InChI=1S/C13H15FN2O3/c1-15-12(17)8-16(2)11-5-3-9(7-10(11)14)4-6-13(18)19/h3-7H,8H2,1-2H3,(H,15,17)(H,18,19)/b6-4+. The van der Waals surface area contributed by atoms with Gasteiger partial charge in [0.1, 0.15) is 5.82 Å². The lowest BCUT2D eigenvalue weighted by Gasteiger charge is -2.19. The van der Waals surface area contributed by atoms with Crippen molar-refractivity contribution >= 4 is 23.6 Å². The Morgan fingerprint density at radius 1 is 1.47 bits per heavy atom. The first-order valence-electron chi connectivity index (χ1n) is 5.56. The van der Waals surface area contributed by atoms with Crippen molar-refractivity contribution in [2.75, 3.05) is 25.5 Å². The van der Waals surface area contributed by atoms with Crippen LogP contribution < -0.4 is 10.2 Å². The molecule has 1 aromatic carbocycles. The first kappa shape index (κ1) is 14.7. The van der Waals surface area contributed by atoms with Crippen molar-refractivity contribution in [3.8, 4) is 0 Å². The molecule has 0 aromatic heterocycles. The molecule has 1 aromatic rings. The molecule has 19 heavy (non-hydrogen) atoms. The normalized spacial score (nSPS) is 10.5. The van der Waals surface area contributed by atoms with Crippen LogP contribution in [0, 0.1) is 5.82 Å². The Labute approximate surface area is 110 Å². The number of halogens is 1. The molecule has 1 amide bonds. The lowest BCUT2D eigenvalue weighted by molar-refractivity contribution is -0.131. The van der Waals surface area contributed by atoms with Gasteiger partial charge >= 0.3 is 5.97 Å². The Kier molecular flexibility index (Phi) is 5.05. The number of amides is 1. The minimum absolute atomic E-state index is 0.0394. The second-order valence-electron chi connectivity index (χ2n) is 3.91. The number of likely N-dealkylation sites (N-methyl/N-ethyl adjacent to an activating group) is 2. The topological polar surface area (TPSA) is 69.6 Å². The molecule has 0 radical (unpaired) electrons. The highest BCUT2D eigenvalue weighted by atomic mass is 19.1. The zero-order valence-corrected chi connectivity index (χ0v) is 10.7. The van der Waals surface area contributed by atoms with Crippen molar-refractivity contribution in [2.24, 2.45) is 0 Å². The van der Waals surface area contributed by atoms with Crippen LogP contribution in [0.15, 0.2) is 24.3 Å². The van der Waals surface area contributed by atoms with Gasteiger partial charge in [-0.15, -0.1) is 0 Å². The predicted molar refractivity (Wildman–Crippen MR) is 70.4 cm³/mol. The summed E-state index contributed by atoms with van der Waals surface area (Å²) in [5.41, 5.74) is 0.716. The number of hydrogen-bond donors (Lipinski definition) is 2. The molecule has 0 atom stereocenters. The SMILES string of the molecule is CNC(=O)CN(C)c1ccc(/C=C/C(=O)O)cc1F.